The zero-order valence-electron chi connectivity index (χ0n) is 13.3. The highest BCUT2D eigenvalue weighted by atomic mass is 79.9. The fourth-order valence-electron chi connectivity index (χ4n) is 2.76. The predicted molar refractivity (Wildman–Crippen MR) is 95.1 cm³/mol. The lowest BCUT2D eigenvalue weighted by atomic mass is 10.1. The minimum Gasteiger partial charge on any atom is -0.492 e. The summed E-state index contributed by atoms with van der Waals surface area (Å²) < 4.78 is 53.0. The van der Waals surface area contributed by atoms with E-state index in [0.29, 0.717) is 10.0 Å². The van der Waals surface area contributed by atoms with Gasteiger partial charge in [0.15, 0.2) is 0 Å². The third-order valence-electron chi connectivity index (χ3n) is 4.00. The minimum atomic E-state index is -4.46. The number of aliphatic hydroxyl groups is 1. The van der Waals surface area contributed by atoms with Crippen molar-refractivity contribution >= 4 is 31.8 Å². The van der Waals surface area contributed by atoms with E-state index in [2.05, 4.69) is 21.5 Å². The van der Waals surface area contributed by atoms with Crippen LogP contribution in [0, 0.1) is 5.82 Å². The molecular formula is C17H11BrF4N3O2. The van der Waals surface area contributed by atoms with Crippen LogP contribution in [0.5, 0.6) is 0 Å². The molecule has 0 aliphatic carbocycles. The molecule has 2 heterocycles. The average Bonchev–Trinajstić information content (AvgIpc) is 2.91. The van der Waals surface area contributed by atoms with Crippen molar-refractivity contribution in [3.8, 4) is 0 Å². The van der Waals surface area contributed by atoms with Gasteiger partial charge in [0.25, 0.3) is 0 Å². The number of rotatable bonds is 1. The van der Waals surface area contributed by atoms with Gasteiger partial charge < -0.3 is 10.6 Å². The summed E-state index contributed by atoms with van der Waals surface area (Å²) in [7, 11) is 0. The van der Waals surface area contributed by atoms with E-state index in [1.807, 2.05) is 0 Å². The molecule has 0 saturated carbocycles. The Morgan fingerprint density at radius 2 is 1.67 bits per heavy atom. The molecule has 27 heavy (non-hydrogen) atoms. The van der Waals surface area contributed by atoms with E-state index in [-0.39, 0.29) is 28.4 Å². The second-order valence-corrected chi connectivity index (χ2v) is 6.45. The Labute approximate surface area is 159 Å². The highest BCUT2D eigenvalue weighted by Crippen LogP contribution is 2.43. The van der Waals surface area contributed by atoms with Gasteiger partial charge in [0.1, 0.15) is 17.2 Å². The fraction of sp³-hybridized carbons (Fsp3) is 0.0588. The van der Waals surface area contributed by atoms with Crippen molar-refractivity contribution in [2.24, 2.45) is 0 Å². The quantitative estimate of drug-likeness (QED) is 0.668. The third-order valence-corrected chi connectivity index (χ3v) is 4.65. The molecular weight excluding hydrogens is 434 g/mol. The average molecular weight is 445 g/mol. The number of halogens is 5. The summed E-state index contributed by atoms with van der Waals surface area (Å²) in [4.78, 5) is 0. The SMILES string of the molecule is O.OC1=C2C=C(Br)c3cccc(F)c3N2[N]N1c1ccc(C(F)(F)F)cc1. The number of fused-ring (bicyclic) bond motifs is 3. The van der Waals surface area contributed by atoms with Crippen LogP contribution in [0.4, 0.5) is 28.9 Å². The zero-order valence-corrected chi connectivity index (χ0v) is 14.9. The molecule has 0 bridgehead atoms. The second kappa shape index (κ2) is 6.55. The number of anilines is 2. The van der Waals surface area contributed by atoms with E-state index in [4.69, 9.17) is 0 Å². The zero-order chi connectivity index (χ0) is 18.6. The van der Waals surface area contributed by atoms with Crippen LogP contribution in [-0.2, 0) is 6.18 Å². The van der Waals surface area contributed by atoms with E-state index < -0.39 is 17.6 Å². The van der Waals surface area contributed by atoms with Crippen LogP contribution in [0.15, 0.2) is 60.1 Å². The Morgan fingerprint density at radius 1 is 1.00 bits per heavy atom. The van der Waals surface area contributed by atoms with Gasteiger partial charge >= 0.3 is 6.18 Å². The molecule has 0 amide bonds. The van der Waals surface area contributed by atoms with Crippen LogP contribution in [0.1, 0.15) is 11.1 Å². The molecule has 2 aromatic carbocycles. The van der Waals surface area contributed by atoms with Gasteiger partial charge in [-0.25, -0.2) is 14.4 Å². The molecule has 0 atom stereocenters. The van der Waals surface area contributed by atoms with Crippen molar-refractivity contribution in [2.45, 2.75) is 6.18 Å². The summed E-state index contributed by atoms with van der Waals surface area (Å²) in [5.41, 5.74) is 4.42. The largest absolute Gasteiger partial charge is 0.492 e. The summed E-state index contributed by atoms with van der Waals surface area (Å²) in [5, 5.41) is 12.7. The van der Waals surface area contributed by atoms with Gasteiger partial charge in [-0.2, -0.15) is 13.2 Å². The number of benzene rings is 2. The highest BCUT2D eigenvalue weighted by molar-refractivity contribution is 9.15. The lowest BCUT2D eigenvalue weighted by molar-refractivity contribution is -0.137. The second-order valence-electron chi connectivity index (χ2n) is 5.59. The Kier molecular flexibility index (Phi) is 4.66. The normalized spacial score (nSPS) is 16.0. The van der Waals surface area contributed by atoms with Gasteiger partial charge in [0.05, 0.1) is 11.3 Å². The maximum Gasteiger partial charge on any atom is 0.416 e. The minimum absolute atomic E-state index is 0. The van der Waals surface area contributed by atoms with E-state index in [9.17, 15) is 22.7 Å². The molecule has 5 nitrogen and oxygen atoms in total. The van der Waals surface area contributed by atoms with Crippen molar-refractivity contribution in [1.29, 1.82) is 0 Å². The van der Waals surface area contributed by atoms with Crippen LogP contribution in [-0.4, -0.2) is 10.6 Å². The lowest BCUT2D eigenvalue weighted by Gasteiger charge is -2.26. The number of hydrogen-bond donors (Lipinski definition) is 1. The van der Waals surface area contributed by atoms with Gasteiger partial charge in [-0.3, -0.25) is 0 Å². The van der Waals surface area contributed by atoms with Gasteiger partial charge in [-0.05, 0) is 41.9 Å². The molecule has 2 aliphatic heterocycles. The molecule has 0 saturated heterocycles. The van der Waals surface area contributed by atoms with Gasteiger partial charge in [0, 0.05) is 10.0 Å². The van der Waals surface area contributed by atoms with Crippen molar-refractivity contribution in [3.05, 3.63) is 77.1 Å². The summed E-state index contributed by atoms with van der Waals surface area (Å²) in [6.07, 6.45) is -2.90. The van der Waals surface area contributed by atoms with E-state index in [1.165, 1.54) is 23.2 Å². The summed E-state index contributed by atoms with van der Waals surface area (Å²) >= 11 is 3.33. The smallest absolute Gasteiger partial charge is 0.416 e. The first-order chi connectivity index (χ1) is 12.3. The van der Waals surface area contributed by atoms with Crippen molar-refractivity contribution in [1.82, 2.24) is 5.53 Å². The summed E-state index contributed by atoms with van der Waals surface area (Å²) in [5.74, 6) is -0.869. The number of hydrogen-bond acceptors (Lipinski definition) is 3. The molecule has 1 radical (unpaired) electrons. The first-order valence-electron chi connectivity index (χ1n) is 7.36. The van der Waals surface area contributed by atoms with Gasteiger partial charge in [-0.15, -0.1) is 0 Å². The molecule has 2 aromatic rings. The Balaban J connectivity index is 0.00000210. The molecule has 2 aliphatic rings. The molecule has 141 valence electrons. The topological polar surface area (TPSA) is 72.3 Å². The van der Waals surface area contributed by atoms with Crippen molar-refractivity contribution in [3.63, 3.8) is 0 Å². The highest BCUT2D eigenvalue weighted by Gasteiger charge is 2.38. The van der Waals surface area contributed by atoms with Crippen LogP contribution < -0.4 is 15.6 Å². The summed E-state index contributed by atoms with van der Waals surface area (Å²) in [6.45, 7) is 0. The molecule has 0 aromatic heterocycles. The van der Waals surface area contributed by atoms with E-state index in [0.717, 1.165) is 17.1 Å². The number of aliphatic hydroxyl groups excluding tert-OH is 1. The predicted octanol–water partition coefficient (Wildman–Crippen LogP) is 4.26. The van der Waals surface area contributed by atoms with E-state index in [1.54, 1.807) is 18.2 Å². The summed E-state index contributed by atoms with van der Waals surface area (Å²) in [6, 6.07) is 8.63. The Hall–Kier alpha value is -2.56. The third kappa shape index (κ3) is 3.05. The van der Waals surface area contributed by atoms with Crippen molar-refractivity contribution < 1.29 is 28.1 Å². The van der Waals surface area contributed by atoms with Crippen LogP contribution in [0.25, 0.3) is 4.48 Å². The van der Waals surface area contributed by atoms with Crippen LogP contribution in [0.2, 0.25) is 0 Å². The molecule has 3 N–H and O–H groups in total. The number of allylic oxidation sites excluding steroid dienone is 1. The number of alkyl halides is 3. The van der Waals surface area contributed by atoms with E-state index >= 15 is 0 Å². The van der Waals surface area contributed by atoms with Crippen LogP contribution in [0.3, 0.4) is 0 Å². The van der Waals surface area contributed by atoms with Gasteiger partial charge in [0.2, 0.25) is 5.88 Å². The monoisotopic (exact) mass is 444 g/mol. The first-order valence-corrected chi connectivity index (χ1v) is 8.15. The molecule has 4 rings (SSSR count). The first kappa shape index (κ1) is 19.2. The fourth-order valence-corrected chi connectivity index (χ4v) is 3.30. The van der Waals surface area contributed by atoms with Crippen molar-refractivity contribution in [2.75, 3.05) is 10.0 Å². The number of para-hydroxylation sites is 1. The molecule has 0 spiro atoms. The lowest BCUT2D eigenvalue weighted by Crippen LogP contribution is -2.36. The standard InChI is InChI=1S/C17H9BrF4N3O.H2O/c18-12-8-14-16(26)24(10-6-4-9(5-7-10)17(20,21)22)23-25(14)15-11(12)2-1-3-13(15)19;/h1-8,26H;1H2. The molecule has 10 heteroatoms. The Morgan fingerprint density at radius 3 is 2.30 bits per heavy atom. The maximum absolute atomic E-state index is 14.3. The maximum atomic E-state index is 14.3. The molecule has 0 unspecified atom stereocenters. The Bertz CT molecular complexity index is 958. The number of nitrogens with zero attached hydrogens (tertiary/aromatic N) is 3. The van der Waals surface area contributed by atoms with Gasteiger partial charge in [-0.1, -0.05) is 28.1 Å². The molecule has 0 fully saturated rings. The van der Waals surface area contributed by atoms with Crippen LogP contribution >= 0.6 is 15.9 Å².